The van der Waals surface area contributed by atoms with Crippen LogP contribution >= 0.6 is 0 Å². The number of hydrogen-bond donors (Lipinski definition) is 0. The van der Waals surface area contributed by atoms with E-state index in [1.807, 2.05) is 39.0 Å². The van der Waals surface area contributed by atoms with Crippen molar-refractivity contribution < 1.29 is 9.53 Å². The molecule has 0 N–H and O–H groups in total. The molecule has 2 rings (SSSR count). The van der Waals surface area contributed by atoms with Crippen molar-refractivity contribution in [2.75, 3.05) is 19.7 Å². The monoisotopic (exact) mass is 337 g/mol. The number of nitrogens with zero attached hydrogens (tertiary/aromatic N) is 1. The molecule has 0 heterocycles. The van der Waals surface area contributed by atoms with Gasteiger partial charge in [-0.15, -0.1) is 0 Å². The normalized spacial score (nSPS) is 11.2. The lowest BCUT2D eigenvalue weighted by Gasteiger charge is -2.16. The van der Waals surface area contributed by atoms with Gasteiger partial charge in [0.15, 0.2) is 0 Å². The Morgan fingerprint density at radius 1 is 0.960 bits per heavy atom. The van der Waals surface area contributed by atoms with Crippen LogP contribution in [0.15, 0.2) is 66.2 Å². The van der Waals surface area contributed by atoms with Gasteiger partial charge < -0.3 is 9.64 Å². The van der Waals surface area contributed by atoms with Gasteiger partial charge in [0.25, 0.3) is 0 Å². The van der Waals surface area contributed by atoms with E-state index in [0.717, 1.165) is 30.8 Å². The summed E-state index contributed by atoms with van der Waals surface area (Å²) in [6.07, 6.45) is 2.58. The molecule has 132 valence electrons. The van der Waals surface area contributed by atoms with E-state index in [1.54, 1.807) is 11.0 Å². The fraction of sp³-hybridized carbons (Fsp3) is 0.318. The van der Waals surface area contributed by atoms with Gasteiger partial charge in [-0.3, -0.25) is 4.79 Å². The molecule has 0 aromatic heterocycles. The number of hydrogen-bond acceptors (Lipinski definition) is 2. The number of rotatable bonds is 8. The van der Waals surface area contributed by atoms with E-state index < -0.39 is 0 Å². The Morgan fingerprint density at radius 2 is 1.56 bits per heavy atom. The van der Waals surface area contributed by atoms with E-state index in [2.05, 4.69) is 36.4 Å². The van der Waals surface area contributed by atoms with Crippen molar-refractivity contribution in [3.8, 4) is 5.75 Å². The Hall–Kier alpha value is -2.55. The molecule has 0 spiro atoms. The van der Waals surface area contributed by atoms with Gasteiger partial charge in [0.2, 0.25) is 5.91 Å². The second-order valence-electron chi connectivity index (χ2n) is 6.10. The van der Waals surface area contributed by atoms with Crippen LogP contribution in [0.2, 0.25) is 0 Å². The molecule has 3 heteroatoms. The summed E-state index contributed by atoms with van der Waals surface area (Å²) in [5.74, 6) is 0.865. The maximum Gasteiger partial charge on any atom is 0.246 e. The summed E-state index contributed by atoms with van der Waals surface area (Å²) in [6.45, 7) is 7.76. The van der Waals surface area contributed by atoms with Crippen molar-refractivity contribution in [2.24, 2.45) is 0 Å². The third-order valence-electron chi connectivity index (χ3n) is 4.09. The predicted octanol–water partition coefficient (Wildman–Crippen LogP) is 4.47. The van der Waals surface area contributed by atoms with Crippen LogP contribution < -0.4 is 4.74 Å². The van der Waals surface area contributed by atoms with Crippen LogP contribution in [0.4, 0.5) is 0 Å². The van der Waals surface area contributed by atoms with Crippen LogP contribution in [0.25, 0.3) is 0 Å². The van der Waals surface area contributed by atoms with Gasteiger partial charge in [0.05, 0.1) is 0 Å². The molecular formula is C22H27NO2. The van der Waals surface area contributed by atoms with Crippen LogP contribution in [0, 0.1) is 0 Å². The van der Waals surface area contributed by atoms with E-state index >= 15 is 0 Å². The second-order valence-corrected chi connectivity index (χ2v) is 6.10. The SMILES string of the molecule is CCN(CC)C(=O)C=C(C)COc1ccc(Cc2ccccc2)cc1. The summed E-state index contributed by atoms with van der Waals surface area (Å²) in [5.41, 5.74) is 3.47. The number of likely N-dealkylation sites (N-methyl/N-ethyl adjacent to an activating group) is 1. The first-order valence-corrected chi connectivity index (χ1v) is 8.84. The average molecular weight is 337 g/mol. The van der Waals surface area contributed by atoms with Gasteiger partial charge in [-0.2, -0.15) is 0 Å². The third-order valence-corrected chi connectivity index (χ3v) is 4.09. The maximum absolute atomic E-state index is 12.0. The van der Waals surface area contributed by atoms with E-state index in [0.29, 0.717) is 6.61 Å². The second kappa shape index (κ2) is 9.67. The van der Waals surface area contributed by atoms with Crippen LogP contribution in [0.3, 0.4) is 0 Å². The Kier molecular flexibility index (Phi) is 7.27. The summed E-state index contributed by atoms with van der Waals surface area (Å²) < 4.78 is 5.78. The highest BCUT2D eigenvalue weighted by Crippen LogP contribution is 2.16. The molecule has 0 radical (unpaired) electrons. The van der Waals surface area contributed by atoms with Crippen LogP contribution in [-0.4, -0.2) is 30.5 Å². The number of benzene rings is 2. The van der Waals surface area contributed by atoms with Crippen molar-refractivity contribution in [3.05, 3.63) is 77.4 Å². The molecule has 0 saturated carbocycles. The summed E-state index contributed by atoms with van der Waals surface area (Å²) in [6, 6.07) is 18.5. The molecule has 0 fully saturated rings. The molecule has 0 bridgehead atoms. The highest BCUT2D eigenvalue weighted by molar-refractivity contribution is 5.88. The molecule has 0 saturated heterocycles. The van der Waals surface area contributed by atoms with E-state index in [1.165, 1.54) is 11.1 Å². The Balaban J connectivity index is 1.87. The lowest BCUT2D eigenvalue weighted by Crippen LogP contribution is -2.29. The molecule has 2 aromatic rings. The minimum absolute atomic E-state index is 0.0457. The molecule has 0 aliphatic heterocycles. The number of carbonyl (C=O) groups is 1. The summed E-state index contributed by atoms with van der Waals surface area (Å²) in [7, 11) is 0. The first-order valence-electron chi connectivity index (χ1n) is 8.84. The Morgan fingerprint density at radius 3 is 2.16 bits per heavy atom. The first kappa shape index (κ1) is 18.8. The molecule has 25 heavy (non-hydrogen) atoms. The van der Waals surface area contributed by atoms with Crippen molar-refractivity contribution in [1.29, 1.82) is 0 Å². The van der Waals surface area contributed by atoms with Gasteiger partial charge in [-0.1, -0.05) is 42.5 Å². The number of amides is 1. The number of carbonyl (C=O) groups excluding carboxylic acids is 1. The van der Waals surface area contributed by atoms with Gasteiger partial charge in [0.1, 0.15) is 12.4 Å². The van der Waals surface area contributed by atoms with Crippen molar-refractivity contribution in [2.45, 2.75) is 27.2 Å². The van der Waals surface area contributed by atoms with Gasteiger partial charge in [0, 0.05) is 19.2 Å². The first-order chi connectivity index (χ1) is 12.1. The van der Waals surface area contributed by atoms with E-state index in [9.17, 15) is 4.79 Å². The largest absolute Gasteiger partial charge is 0.489 e. The van der Waals surface area contributed by atoms with Gasteiger partial charge in [-0.25, -0.2) is 0 Å². The topological polar surface area (TPSA) is 29.5 Å². The molecule has 0 atom stereocenters. The molecule has 0 aliphatic carbocycles. The zero-order valence-corrected chi connectivity index (χ0v) is 15.4. The number of ether oxygens (including phenoxy) is 1. The Bertz CT molecular complexity index is 686. The molecule has 2 aromatic carbocycles. The summed E-state index contributed by atoms with van der Waals surface area (Å²) in [4.78, 5) is 13.8. The van der Waals surface area contributed by atoms with Crippen LogP contribution in [-0.2, 0) is 11.2 Å². The smallest absolute Gasteiger partial charge is 0.246 e. The zero-order valence-electron chi connectivity index (χ0n) is 15.4. The summed E-state index contributed by atoms with van der Waals surface area (Å²) >= 11 is 0. The van der Waals surface area contributed by atoms with Crippen molar-refractivity contribution in [1.82, 2.24) is 4.90 Å². The highest BCUT2D eigenvalue weighted by Gasteiger charge is 2.06. The van der Waals surface area contributed by atoms with Crippen molar-refractivity contribution >= 4 is 5.91 Å². The van der Waals surface area contributed by atoms with E-state index in [4.69, 9.17) is 4.74 Å². The molecule has 0 aliphatic rings. The maximum atomic E-state index is 12.0. The van der Waals surface area contributed by atoms with Gasteiger partial charge >= 0.3 is 0 Å². The molecule has 3 nitrogen and oxygen atoms in total. The zero-order chi connectivity index (χ0) is 18.1. The molecule has 0 unspecified atom stereocenters. The predicted molar refractivity (Wildman–Crippen MR) is 103 cm³/mol. The standard InChI is InChI=1S/C22H27NO2/c1-4-23(5-2)22(24)15-18(3)17-25-21-13-11-20(12-14-21)16-19-9-7-6-8-10-19/h6-15H,4-5,16-17H2,1-3H3. The fourth-order valence-electron chi connectivity index (χ4n) is 2.61. The average Bonchev–Trinajstić information content (AvgIpc) is 2.63. The fourth-order valence-corrected chi connectivity index (χ4v) is 2.61. The van der Waals surface area contributed by atoms with Crippen LogP contribution in [0.5, 0.6) is 5.75 Å². The Labute approximate surface area is 150 Å². The lowest BCUT2D eigenvalue weighted by molar-refractivity contribution is -0.125. The molecule has 1 amide bonds. The minimum Gasteiger partial charge on any atom is -0.489 e. The van der Waals surface area contributed by atoms with Crippen molar-refractivity contribution in [3.63, 3.8) is 0 Å². The molecular weight excluding hydrogens is 310 g/mol. The quantitative estimate of drug-likeness (QED) is 0.665. The van der Waals surface area contributed by atoms with E-state index in [-0.39, 0.29) is 5.91 Å². The lowest BCUT2D eigenvalue weighted by atomic mass is 10.1. The third kappa shape index (κ3) is 6.11. The highest BCUT2D eigenvalue weighted by atomic mass is 16.5. The summed E-state index contributed by atoms with van der Waals surface area (Å²) in [5, 5.41) is 0. The van der Waals surface area contributed by atoms with Crippen LogP contribution in [0.1, 0.15) is 31.9 Å². The van der Waals surface area contributed by atoms with Gasteiger partial charge in [-0.05, 0) is 56.0 Å². The minimum atomic E-state index is 0.0457.